The summed E-state index contributed by atoms with van der Waals surface area (Å²) in [5.74, 6) is -0.592. The maximum atomic E-state index is 13.3. The van der Waals surface area contributed by atoms with Crippen molar-refractivity contribution in [1.82, 2.24) is 14.8 Å². The normalized spacial score (nSPS) is 21.0. The van der Waals surface area contributed by atoms with Gasteiger partial charge in [0.25, 0.3) is 5.91 Å². The summed E-state index contributed by atoms with van der Waals surface area (Å²) >= 11 is 0. The first-order valence-electron chi connectivity index (χ1n) is 8.91. The molecule has 130 valence electrons. The Hall–Kier alpha value is -2.27. The third-order valence-electron chi connectivity index (χ3n) is 5.39. The maximum absolute atomic E-state index is 13.3. The minimum atomic E-state index is -0.467. The Morgan fingerprint density at radius 3 is 2.60 bits per heavy atom. The standard InChI is InChI=1S/C20H22FN3O/c21-18-11-17(13-22-14-18)20(25)24-9-7-23(8-10-24)19-6-5-15-3-1-2-4-16(15)12-19/h1-4,11,13-14,19H,5-10,12H2. The van der Waals surface area contributed by atoms with Crippen molar-refractivity contribution in [1.29, 1.82) is 0 Å². The van der Waals surface area contributed by atoms with Gasteiger partial charge >= 0.3 is 0 Å². The van der Waals surface area contributed by atoms with Gasteiger partial charge in [0.05, 0.1) is 11.8 Å². The largest absolute Gasteiger partial charge is 0.336 e. The Kier molecular flexibility index (Phi) is 4.49. The molecule has 0 radical (unpaired) electrons. The Balaban J connectivity index is 1.37. The zero-order valence-electron chi connectivity index (χ0n) is 14.2. The van der Waals surface area contributed by atoms with E-state index in [1.54, 1.807) is 0 Å². The molecule has 2 aromatic rings. The quantitative estimate of drug-likeness (QED) is 0.844. The summed E-state index contributed by atoms with van der Waals surface area (Å²) in [7, 11) is 0. The lowest BCUT2D eigenvalue weighted by atomic mass is 9.87. The van der Waals surface area contributed by atoms with E-state index in [1.807, 2.05) is 4.90 Å². The summed E-state index contributed by atoms with van der Waals surface area (Å²) in [6, 6.07) is 10.5. The van der Waals surface area contributed by atoms with Crippen molar-refractivity contribution in [3.63, 3.8) is 0 Å². The fourth-order valence-electron chi connectivity index (χ4n) is 3.99. The van der Waals surface area contributed by atoms with Gasteiger partial charge in [-0.15, -0.1) is 0 Å². The molecule has 1 fully saturated rings. The van der Waals surface area contributed by atoms with Crippen LogP contribution in [0.3, 0.4) is 0 Å². The van der Waals surface area contributed by atoms with Crippen LogP contribution in [0.2, 0.25) is 0 Å². The number of hydrogen-bond donors (Lipinski definition) is 0. The van der Waals surface area contributed by atoms with Gasteiger partial charge in [-0.1, -0.05) is 24.3 Å². The van der Waals surface area contributed by atoms with Crippen LogP contribution in [-0.2, 0) is 12.8 Å². The van der Waals surface area contributed by atoms with Gasteiger partial charge in [0.2, 0.25) is 0 Å². The number of halogens is 1. The number of benzene rings is 1. The lowest BCUT2D eigenvalue weighted by molar-refractivity contribution is 0.0552. The first-order valence-corrected chi connectivity index (χ1v) is 8.91. The number of nitrogens with zero attached hydrogens (tertiary/aromatic N) is 3. The van der Waals surface area contributed by atoms with E-state index in [0.29, 0.717) is 24.7 Å². The molecule has 1 aliphatic heterocycles. The lowest BCUT2D eigenvalue weighted by Gasteiger charge is -2.41. The van der Waals surface area contributed by atoms with Crippen LogP contribution in [0.25, 0.3) is 0 Å². The molecule has 4 nitrogen and oxygen atoms in total. The first-order chi connectivity index (χ1) is 12.2. The van der Waals surface area contributed by atoms with Crippen LogP contribution in [0, 0.1) is 5.82 Å². The molecule has 0 bridgehead atoms. The second-order valence-electron chi connectivity index (χ2n) is 6.89. The van der Waals surface area contributed by atoms with Crippen LogP contribution >= 0.6 is 0 Å². The van der Waals surface area contributed by atoms with Crippen molar-refractivity contribution in [2.45, 2.75) is 25.3 Å². The SMILES string of the molecule is O=C(c1cncc(F)c1)N1CCN(C2CCc3ccccc3C2)CC1. The molecule has 0 N–H and O–H groups in total. The minimum absolute atomic E-state index is 0.124. The Morgan fingerprint density at radius 2 is 1.84 bits per heavy atom. The van der Waals surface area contributed by atoms with Gasteiger partial charge in [0, 0.05) is 38.4 Å². The smallest absolute Gasteiger partial charge is 0.255 e. The van der Waals surface area contributed by atoms with Gasteiger partial charge in [0.15, 0.2) is 0 Å². The van der Waals surface area contributed by atoms with Gasteiger partial charge in [0.1, 0.15) is 5.82 Å². The Bertz CT molecular complexity index is 771. The van der Waals surface area contributed by atoms with Gasteiger partial charge in [-0.3, -0.25) is 14.7 Å². The van der Waals surface area contributed by atoms with Crippen molar-refractivity contribution >= 4 is 5.91 Å². The lowest BCUT2D eigenvalue weighted by Crippen LogP contribution is -2.53. The number of fused-ring (bicyclic) bond motifs is 1. The summed E-state index contributed by atoms with van der Waals surface area (Å²) in [5.41, 5.74) is 3.27. The van der Waals surface area contributed by atoms with Crippen molar-refractivity contribution in [3.05, 3.63) is 65.2 Å². The molecular weight excluding hydrogens is 317 g/mol. The second-order valence-corrected chi connectivity index (χ2v) is 6.89. The number of pyridine rings is 1. The van der Waals surface area contributed by atoms with Crippen molar-refractivity contribution in [3.8, 4) is 0 Å². The highest BCUT2D eigenvalue weighted by atomic mass is 19.1. The van der Waals surface area contributed by atoms with Gasteiger partial charge in [-0.2, -0.15) is 0 Å². The molecule has 0 spiro atoms. The maximum Gasteiger partial charge on any atom is 0.255 e. The average molecular weight is 339 g/mol. The molecule has 2 heterocycles. The highest BCUT2D eigenvalue weighted by Crippen LogP contribution is 2.25. The van der Waals surface area contributed by atoms with E-state index < -0.39 is 5.82 Å². The monoisotopic (exact) mass is 339 g/mol. The van der Waals surface area contributed by atoms with E-state index in [1.165, 1.54) is 29.8 Å². The van der Waals surface area contributed by atoms with E-state index in [4.69, 9.17) is 0 Å². The number of rotatable bonds is 2. The van der Waals surface area contributed by atoms with Crippen LogP contribution in [0.1, 0.15) is 27.9 Å². The number of carbonyl (C=O) groups excluding carboxylic acids is 1. The van der Waals surface area contributed by atoms with Crippen molar-refractivity contribution in [2.24, 2.45) is 0 Å². The van der Waals surface area contributed by atoms with Crippen LogP contribution in [-0.4, -0.2) is 52.9 Å². The molecule has 2 aliphatic rings. The summed E-state index contributed by atoms with van der Waals surface area (Å²) in [6.07, 6.45) is 5.97. The van der Waals surface area contributed by atoms with E-state index >= 15 is 0 Å². The molecule has 1 atom stereocenters. The van der Waals surface area contributed by atoms with E-state index in [2.05, 4.69) is 34.1 Å². The number of carbonyl (C=O) groups is 1. The number of piperazine rings is 1. The highest BCUT2D eigenvalue weighted by molar-refractivity contribution is 5.94. The fraction of sp³-hybridized carbons (Fsp3) is 0.400. The predicted molar refractivity (Wildman–Crippen MR) is 93.9 cm³/mol. The molecule has 1 aliphatic carbocycles. The van der Waals surface area contributed by atoms with E-state index in [9.17, 15) is 9.18 Å². The molecule has 1 aromatic heterocycles. The topological polar surface area (TPSA) is 36.4 Å². The molecule has 1 unspecified atom stereocenters. The summed E-state index contributed by atoms with van der Waals surface area (Å²) in [6.45, 7) is 3.13. The third-order valence-corrected chi connectivity index (χ3v) is 5.39. The van der Waals surface area contributed by atoms with E-state index in [-0.39, 0.29) is 5.91 Å². The fourth-order valence-corrected chi connectivity index (χ4v) is 3.99. The molecule has 1 aromatic carbocycles. The van der Waals surface area contributed by atoms with Crippen molar-refractivity contribution < 1.29 is 9.18 Å². The van der Waals surface area contributed by atoms with Crippen LogP contribution in [0.5, 0.6) is 0 Å². The van der Waals surface area contributed by atoms with Crippen LogP contribution < -0.4 is 0 Å². The van der Waals surface area contributed by atoms with Crippen molar-refractivity contribution in [2.75, 3.05) is 26.2 Å². The number of amides is 1. The molecule has 25 heavy (non-hydrogen) atoms. The zero-order valence-corrected chi connectivity index (χ0v) is 14.2. The number of aryl methyl sites for hydroxylation is 1. The number of hydrogen-bond acceptors (Lipinski definition) is 3. The minimum Gasteiger partial charge on any atom is -0.336 e. The zero-order chi connectivity index (χ0) is 17.2. The Labute approximate surface area is 147 Å². The molecule has 0 saturated carbocycles. The third kappa shape index (κ3) is 3.42. The molecular formula is C20H22FN3O. The predicted octanol–water partition coefficient (Wildman–Crippen LogP) is 2.54. The van der Waals surface area contributed by atoms with Gasteiger partial charge in [-0.05, 0) is 36.5 Å². The molecule has 5 heteroatoms. The average Bonchev–Trinajstić information content (AvgIpc) is 2.67. The summed E-state index contributed by atoms with van der Waals surface area (Å²) in [4.78, 5) is 20.6. The summed E-state index contributed by atoms with van der Waals surface area (Å²) < 4.78 is 13.3. The number of aromatic nitrogens is 1. The van der Waals surface area contributed by atoms with Crippen LogP contribution in [0.15, 0.2) is 42.7 Å². The molecule has 1 amide bonds. The van der Waals surface area contributed by atoms with Crippen LogP contribution in [0.4, 0.5) is 4.39 Å². The van der Waals surface area contributed by atoms with E-state index in [0.717, 1.165) is 32.1 Å². The first kappa shape index (κ1) is 16.2. The summed E-state index contributed by atoms with van der Waals surface area (Å²) in [5, 5.41) is 0. The van der Waals surface area contributed by atoms with Gasteiger partial charge in [-0.25, -0.2) is 4.39 Å². The second kappa shape index (κ2) is 6.92. The van der Waals surface area contributed by atoms with Gasteiger partial charge < -0.3 is 4.90 Å². The molecule has 1 saturated heterocycles. The highest BCUT2D eigenvalue weighted by Gasteiger charge is 2.29. The Morgan fingerprint density at radius 1 is 1.08 bits per heavy atom. The molecule has 4 rings (SSSR count).